The van der Waals surface area contributed by atoms with E-state index in [4.69, 9.17) is 4.74 Å². The molecule has 0 aliphatic carbocycles. The zero-order valence-electron chi connectivity index (χ0n) is 14.4. The number of rotatable bonds is 10. The standard InChI is InChI=1S/C17H29N3OS.HI/c1-4-18-17(19-12-8-9-13-22-3)20-14-15(2)21-16-10-6-5-7-11-16;/h5-7,10-11,15H,4,8-9,12-14H2,1-3H3,(H2,18,19,20);1H. The van der Waals surface area contributed by atoms with E-state index in [0.717, 1.165) is 24.8 Å². The van der Waals surface area contributed by atoms with Crippen molar-refractivity contribution in [2.24, 2.45) is 4.99 Å². The van der Waals surface area contributed by atoms with Crippen molar-refractivity contribution in [2.75, 3.05) is 31.6 Å². The average molecular weight is 451 g/mol. The van der Waals surface area contributed by atoms with E-state index < -0.39 is 0 Å². The fourth-order valence-corrected chi connectivity index (χ4v) is 2.40. The van der Waals surface area contributed by atoms with Gasteiger partial charge in [0.2, 0.25) is 0 Å². The maximum absolute atomic E-state index is 5.84. The number of hydrogen-bond acceptors (Lipinski definition) is 3. The van der Waals surface area contributed by atoms with Gasteiger partial charge in [0.05, 0.1) is 6.54 Å². The SMILES string of the molecule is CCNC(=NCC(C)Oc1ccccc1)NCCCCSC.I. The van der Waals surface area contributed by atoms with E-state index in [1.807, 2.05) is 49.0 Å². The quantitative estimate of drug-likeness (QED) is 0.246. The molecule has 1 unspecified atom stereocenters. The first-order valence-corrected chi connectivity index (χ1v) is 9.38. The highest BCUT2D eigenvalue weighted by molar-refractivity contribution is 14.0. The molecule has 4 nitrogen and oxygen atoms in total. The summed E-state index contributed by atoms with van der Waals surface area (Å²) < 4.78 is 5.84. The molecule has 0 aromatic heterocycles. The Labute approximate surface area is 162 Å². The van der Waals surface area contributed by atoms with Crippen molar-refractivity contribution in [2.45, 2.75) is 32.8 Å². The Morgan fingerprint density at radius 3 is 2.61 bits per heavy atom. The van der Waals surface area contributed by atoms with Crippen molar-refractivity contribution in [3.8, 4) is 5.75 Å². The summed E-state index contributed by atoms with van der Waals surface area (Å²) in [5.74, 6) is 2.98. The Kier molecular flexibility index (Phi) is 14.5. The van der Waals surface area contributed by atoms with Gasteiger partial charge in [-0.3, -0.25) is 0 Å². The van der Waals surface area contributed by atoms with Gasteiger partial charge in [0.15, 0.2) is 5.96 Å². The molecule has 0 saturated heterocycles. The van der Waals surface area contributed by atoms with Crippen LogP contribution < -0.4 is 15.4 Å². The lowest BCUT2D eigenvalue weighted by Crippen LogP contribution is -2.38. The molecule has 23 heavy (non-hydrogen) atoms. The van der Waals surface area contributed by atoms with Gasteiger partial charge in [0.1, 0.15) is 11.9 Å². The van der Waals surface area contributed by atoms with Crippen LogP contribution in [0.15, 0.2) is 35.3 Å². The fraction of sp³-hybridized carbons (Fsp3) is 0.588. The van der Waals surface area contributed by atoms with Crippen molar-refractivity contribution in [3.63, 3.8) is 0 Å². The van der Waals surface area contributed by atoms with E-state index in [1.54, 1.807) is 0 Å². The van der Waals surface area contributed by atoms with Gasteiger partial charge >= 0.3 is 0 Å². The van der Waals surface area contributed by atoms with Gasteiger partial charge in [-0.25, -0.2) is 4.99 Å². The highest BCUT2D eigenvalue weighted by Crippen LogP contribution is 2.10. The molecule has 1 aromatic rings. The predicted octanol–water partition coefficient (Wildman–Crippen LogP) is 3.77. The number of thioether (sulfide) groups is 1. The molecule has 2 N–H and O–H groups in total. The Bertz CT molecular complexity index is 418. The summed E-state index contributed by atoms with van der Waals surface area (Å²) in [4.78, 5) is 4.59. The molecular weight excluding hydrogens is 421 g/mol. The summed E-state index contributed by atoms with van der Waals surface area (Å²) in [7, 11) is 0. The monoisotopic (exact) mass is 451 g/mol. The summed E-state index contributed by atoms with van der Waals surface area (Å²) in [6, 6.07) is 9.88. The summed E-state index contributed by atoms with van der Waals surface area (Å²) in [5.41, 5.74) is 0. The number of ether oxygens (including phenoxy) is 1. The highest BCUT2D eigenvalue weighted by Gasteiger charge is 2.04. The van der Waals surface area contributed by atoms with Crippen molar-refractivity contribution in [1.82, 2.24) is 10.6 Å². The first-order chi connectivity index (χ1) is 10.8. The van der Waals surface area contributed by atoms with Crippen LogP contribution in [0.2, 0.25) is 0 Å². The summed E-state index contributed by atoms with van der Waals surface area (Å²) >= 11 is 1.90. The molecule has 132 valence electrons. The number of guanidine groups is 1. The van der Waals surface area contributed by atoms with Crippen LogP contribution in [0.5, 0.6) is 5.75 Å². The van der Waals surface area contributed by atoms with E-state index in [0.29, 0.717) is 6.54 Å². The number of benzene rings is 1. The van der Waals surface area contributed by atoms with Crippen molar-refractivity contribution in [1.29, 1.82) is 0 Å². The van der Waals surface area contributed by atoms with Crippen LogP contribution in [0, 0.1) is 0 Å². The smallest absolute Gasteiger partial charge is 0.191 e. The molecule has 0 spiro atoms. The second-order valence-corrected chi connectivity index (χ2v) is 6.07. The largest absolute Gasteiger partial charge is 0.489 e. The minimum atomic E-state index is 0. The first kappa shape index (κ1) is 22.4. The molecule has 0 amide bonds. The summed E-state index contributed by atoms with van der Waals surface area (Å²) in [5, 5.41) is 6.64. The molecule has 0 aliphatic heterocycles. The number of nitrogens with one attached hydrogen (secondary N) is 2. The van der Waals surface area contributed by atoms with Crippen LogP contribution in [-0.2, 0) is 0 Å². The molecule has 0 fully saturated rings. The third-order valence-electron chi connectivity index (χ3n) is 3.00. The zero-order chi connectivity index (χ0) is 16.0. The van der Waals surface area contributed by atoms with Gasteiger partial charge < -0.3 is 15.4 Å². The molecule has 0 radical (unpaired) electrons. The molecule has 0 saturated carbocycles. The molecule has 0 bridgehead atoms. The van der Waals surface area contributed by atoms with E-state index in [-0.39, 0.29) is 30.1 Å². The number of hydrogen-bond donors (Lipinski definition) is 2. The number of aliphatic imine (C=N–C) groups is 1. The molecule has 1 rings (SSSR count). The van der Waals surface area contributed by atoms with Gasteiger partial charge in [-0.1, -0.05) is 18.2 Å². The lowest BCUT2D eigenvalue weighted by Gasteiger charge is -2.15. The van der Waals surface area contributed by atoms with Gasteiger partial charge in [-0.15, -0.1) is 24.0 Å². The molecule has 0 heterocycles. The lowest BCUT2D eigenvalue weighted by atomic mass is 10.3. The molecule has 0 aliphatic rings. The van der Waals surface area contributed by atoms with E-state index in [9.17, 15) is 0 Å². The van der Waals surface area contributed by atoms with Gasteiger partial charge in [-0.05, 0) is 50.8 Å². The van der Waals surface area contributed by atoms with Crippen LogP contribution in [0.3, 0.4) is 0 Å². The molecule has 1 aromatic carbocycles. The topological polar surface area (TPSA) is 45.7 Å². The number of halogens is 1. The normalized spacial score (nSPS) is 12.2. The van der Waals surface area contributed by atoms with Gasteiger partial charge in [0.25, 0.3) is 0 Å². The van der Waals surface area contributed by atoms with Crippen LogP contribution in [-0.4, -0.2) is 43.7 Å². The van der Waals surface area contributed by atoms with E-state index >= 15 is 0 Å². The maximum Gasteiger partial charge on any atom is 0.191 e. The van der Waals surface area contributed by atoms with Gasteiger partial charge in [-0.2, -0.15) is 11.8 Å². The second-order valence-electron chi connectivity index (χ2n) is 5.09. The summed E-state index contributed by atoms with van der Waals surface area (Å²) in [6.45, 7) is 6.58. The van der Waals surface area contributed by atoms with Gasteiger partial charge in [0, 0.05) is 13.1 Å². The Balaban J connectivity index is 0.00000484. The zero-order valence-corrected chi connectivity index (χ0v) is 17.5. The second kappa shape index (κ2) is 14.9. The van der Waals surface area contributed by atoms with Crippen molar-refractivity contribution in [3.05, 3.63) is 30.3 Å². The third-order valence-corrected chi connectivity index (χ3v) is 3.70. The number of nitrogens with zero attached hydrogens (tertiary/aromatic N) is 1. The third kappa shape index (κ3) is 11.5. The van der Waals surface area contributed by atoms with Crippen LogP contribution in [0.25, 0.3) is 0 Å². The first-order valence-electron chi connectivity index (χ1n) is 7.99. The van der Waals surface area contributed by atoms with Crippen LogP contribution >= 0.6 is 35.7 Å². The van der Waals surface area contributed by atoms with E-state index in [1.165, 1.54) is 18.6 Å². The van der Waals surface area contributed by atoms with Crippen LogP contribution in [0.1, 0.15) is 26.7 Å². The Morgan fingerprint density at radius 1 is 1.22 bits per heavy atom. The molecule has 6 heteroatoms. The minimum absolute atomic E-state index is 0. The fourth-order valence-electron chi connectivity index (χ4n) is 1.91. The Morgan fingerprint density at radius 2 is 1.96 bits per heavy atom. The lowest BCUT2D eigenvalue weighted by molar-refractivity contribution is 0.230. The average Bonchev–Trinajstić information content (AvgIpc) is 2.53. The van der Waals surface area contributed by atoms with Crippen molar-refractivity contribution >= 4 is 41.7 Å². The predicted molar refractivity (Wildman–Crippen MR) is 114 cm³/mol. The number of para-hydroxylation sites is 1. The van der Waals surface area contributed by atoms with Crippen molar-refractivity contribution < 1.29 is 4.74 Å². The van der Waals surface area contributed by atoms with Crippen LogP contribution in [0.4, 0.5) is 0 Å². The maximum atomic E-state index is 5.84. The van der Waals surface area contributed by atoms with E-state index in [2.05, 4.69) is 28.8 Å². The Hall–Kier alpha value is -0.630. The highest BCUT2D eigenvalue weighted by atomic mass is 127. The number of unbranched alkanes of at least 4 members (excludes halogenated alkanes) is 1. The minimum Gasteiger partial charge on any atom is -0.489 e. The molecule has 1 atom stereocenters. The molecular formula is C17H30IN3OS. The summed E-state index contributed by atoms with van der Waals surface area (Å²) in [6.07, 6.45) is 4.60.